The minimum atomic E-state index is -0.767. The van der Waals surface area contributed by atoms with E-state index in [9.17, 15) is 10.1 Å². The number of aromatic nitrogens is 1. The molecule has 18 heavy (non-hydrogen) atoms. The van der Waals surface area contributed by atoms with Crippen molar-refractivity contribution in [3.05, 3.63) is 51.5 Å². The lowest BCUT2D eigenvalue weighted by atomic mass is 9.96. The third-order valence-electron chi connectivity index (χ3n) is 2.82. The summed E-state index contributed by atoms with van der Waals surface area (Å²) in [6, 6.07) is 7.40. The smallest absolute Gasteiger partial charge is 0.194 e. The molecule has 0 amide bonds. The molecule has 0 fully saturated rings. The Labute approximate surface area is 110 Å². The summed E-state index contributed by atoms with van der Waals surface area (Å²) in [5.74, 6) is -0.914. The number of carbonyl (C=O) groups is 1. The molecule has 0 saturated heterocycles. The van der Waals surface area contributed by atoms with Crippen LogP contribution in [0.1, 0.15) is 31.6 Å². The molecular formula is C14H12N2OS. The van der Waals surface area contributed by atoms with E-state index < -0.39 is 5.92 Å². The number of thiophene rings is 1. The highest BCUT2D eigenvalue weighted by Crippen LogP contribution is 2.26. The van der Waals surface area contributed by atoms with Gasteiger partial charge in [0.2, 0.25) is 0 Å². The Morgan fingerprint density at radius 3 is 2.78 bits per heavy atom. The summed E-state index contributed by atoms with van der Waals surface area (Å²) in [6.07, 6.45) is 3.20. The summed E-state index contributed by atoms with van der Waals surface area (Å²) in [5, 5.41) is 9.19. The average molecular weight is 256 g/mol. The molecule has 1 atom stereocenters. The Bertz CT molecular complexity index is 591. The van der Waals surface area contributed by atoms with E-state index in [0.717, 1.165) is 10.4 Å². The third kappa shape index (κ3) is 2.31. The van der Waals surface area contributed by atoms with Crippen molar-refractivity contribution in [1.82, 2.24) is 4.98 Å². The highest BCUT2D eigenvalue weighted by molar-refractivity contribution is 7.14. The fraction of sp³-hybridized carbons (Fsp3) is 0.214. The normalized spacial score (nSPS) is 11.8. The van der Waals surface area contributed by atoms with Crippen LogP contribution in [-0.2, 0) is 0 Å². The molecule has 4 heteroatoms. The monoisotopic (exact) mass is 256 g/mol. The molecule has 2 aromatic heterocycles. The quantitative estimate of drug-likeness (QED) is 0.792. The number of ketones is 1. The van der Waals surface area contributed by atoms with Crippen molar-refractivity contribution >= 4 is 17.1 Å². The van der Waals surface area contributed by atoms with Crippen molar-refractivity contribution in [3.8, 4) is 6.07 Å². The maximum absolute atomic E-state index is 12.3. The predicted octanol–water partition coefficient (Wildman–Crippen LogP) is 3.25. The SMILES string of the molecule is Cc1cc(C(=O)C(C#N)c2cccnc2)sc1C. The van der Waals surface area contributed by atoms with Crippen LogP contribution in [0.3, 0.4) is 0 Å². The van der Waals surface area contributed by atoms with E-state index in [4.69, 9.17) is 0 Å². The standard InChI is InChI=1S/C14H12N2OS/c1-9-6-13(18-10(9)2)14(17)12(7-15)11-4-3-5-16-8-11/h3-6,8,12H,1-2H3. The van der Waals surface area contributed by atoms with Gasteiger partial charge in [0.15, 0.2) is 5.78 Å². The van der Waals surface area contributed by atoms with Gasteiger partial charge in [0.1, 0.15) is 5.92 Å². The van der Waals surface area contributed by atoms with Gasteiger partial charge in [0, 0.05) is 17.3 Å². The Morgan fingerprint density at radius 1 is 1.50 bits per heavy atom. The first kappa shape index (κ1) is 12.5. The fourth-order valence-corrected chi connectivity index (χ4v) is 2.67. The van der Waals surface area contributed by atoms with Crippen molar-refractivity contribution in [3.63, 3.8) is 0 Å². The van der Waals surface area contributed by atoms with E-state index in [2.05, 4.69) is 11.1 Å². The summed E-state index contributed by atoms with van der Waals surface area (Å²) in [4.78, 5) is 18.0. The Morgan fingerprint density at radius 2 is 2.28 bits per heavy atom. The van der Waals surface area contributed by atoms with Crippen molar-refractivity contribution in [2.24, 2.45) is 0 Å². The molecule has 0 bridgehead atoms. The summed E-state index contributed by atoms with van der Waals surface area (Å²) in [7, 11) is 0. The lowest BCUT2D eigenvalue weighted by Gasteiger charge is -2.05. The highest BCUT2D eigenvalue weighted by atomic mass is 32.1. The molecule has 2 rings (SSSR count). The lowest BCUT2D eigenvalue weighted by molar-refractivity contribution is 0.0982. The lowest BCUT2D eigenvalue weighted by Crippen LogP contribution is -2.09. The number of nitriles is 1. The molecule has 0 aromatic carbocycles. The zero-order chi connectivity index (χ0) is 13.1. The first-order valence-corrected chi connectivity index (χ1v) is 6.36. The largest absolute Gasteiger partial charge is 0.291 e. The maximum Gasteiger partial charge on any atom is 0.194 e. The van der Waals surface area contributed by atoms with Crippen molar-refractivity contribution in [2.45, 2.75) is 19.8 Å². The number of hydrogen-bond acceptors (Lipinski definition) is 4. The van der Waals surface area contributed by atoms with Crippen molar-refractivity contribution < 1.29 is 4.79 Å². The molecule has 0 saturated carbocycles. The molecule has 3 nitrogen and oxygen atoms in total. The van der Waals surface area contributed by atoms with E-state index in [1.165, 1.54) is 11.3 Å². The Kier molecular flexibility index (Phi) is 3.54. The van der Waals surface area contributed by atoms with Crippen LogP contribution >= 0.6 is 11.3 Å². The molecule has 2 heterocycles. The number of nitrogens with zero attached hydrogens (tertiary/aromatic N) is 2. The number of rotatable bonds is 3. The van der Waals surface area contributed by atoms with Crippen LogP contribution in [-0.4, -0.2) is 10.8 Å². The number of pyridine rings is 1. The number of aryl methyl sites for hydroxylation is 2. The zero-order valence-corrected chi connectivity index (χ0v) is 11.0. The molecule has 0 spiro atoms. The van der Waals surface area contributed by atoms with E-state index >= 15 is 0 Å². The second kappa shape index (κ2) is 5.11. The molecule has 2 aromatic rings. The molecule has 0 aliphatic carbocycles. The maximum atomic E-state index is 12.3. The van der Waals surface area contributed by atoms with Crippen LogP contribution in [0.5, 0.6) is 0 Å². The van der Waals surface area contributed by atoms with Crippen LogP contribution in [0, 0.1) is 25.2 Å². The topological polar surface area (TPSA) is 53.8 Å². The van der Waals surface area contributed by atoms with Crippen LogP contribution < -0.4 is 0 Å². The number of Topliss-reactive ketones (excluding diaryl/α,β-unsaturated/α-hetero) is 1. The summed E-state index contributed by atoms with van der Waals surface area (Å²) in [5.41, 5.74) is 1.74. The summed E-state index contributed by atoms with van der Waals surface area (Å²) >= 11 is 1.44. The van der Waals surface area contributed by atoms with Gasteiger partial charge in [-0.15, -0.1) is 11.3 Å². The third-order valence-corrected chi connectivity index (χ3v) is 3.98. The zero-order valence-electron chi connectivity index (χ0n) is 10.2. The van der Waals surface area contributed by atoms with E-state index in [0.29, 0.717) is 10.4 Å². The molecule has 90 valence electrons. The molecule has 0 aliphatic heterocycles. The van der Waals surface area contributed by atoms with Gasteiger partial charge in [-0.1, -0.05) is 6.07 Å². The van der Waals surface area contributed by atoms with Gasteiger partial charge in [-0.3, -0.25) is 9.78 Å². The highest BCUT2D eigenvalue weighted by Gasteiger charge is 2.23. The van der Waals surface area contributed by atoms with Crippen LogP contribution in [0.25, 0.3) is 0 Å². The van der Waals surface area contributed by atoms with Crippen LogP contribution in [0.4, 0.5) is 0 Å². The number of hydrogen-bond donors (Lipinski definition) is 0. The Hall–Kier alpha value is -1.99. The first-order chi connectivity index (χ1) is 8.63. The van der Waals surface area contributed by atoms with Gasteiger partial charge >= 0.3 is 0 Å². The number of carbonyl (C=O) groups excluding carboxylic acids is 1. The van der Waals surface area contributed by atoms with Gasteiger partial charge in [0.05, 0.1) is 10.9 Å². The van der Waals surface area contributed by atoms with E-state index in [-0.39, 0.29) is 5.78 Å². The Balaban J connectivity index is 2.35. The van der Waals surface area contributed by atoms with Crippen LogP contribution in [0.2, 0.25) is 0 Å². The summed E-state index contributed by atoms with van der Waals surface area (Å²) < 4.78 is 0. The van der Waals surface area contributed by atoms with Crippen molar-refractivity contribution in [1.29, 1.82) is 5.26 Å². The van der Waals surface area contributed by atoms with Gasteiger partial charge in [-0.2, -0.15) is 5.26 Å². The van der Waals surface area contributed by atoms with Gasteiger partial charge < -0.3 is 0 Å². The molecule has 1 unspecified atom stereocenters. The van der Waals surface area contributed by atoms with Crippen molar-refractivity contribution in [2.75, 3.05) is 0 Å². The second-order valence-corrected chi connectivity index (χ2v) is 5.32. The fourth-order valence-electron chi connectivity index (χ4n) is 1.67. The minimum Gasteiger partial charge on any atom is -0.291 e. The molecular weight excluding hydrogens is 244 g/mol. The average Bonchev–Trinajstić information content (AvgIpc) is 2.72. The van der Waals surface area contributed by atoms with Gasteiger partial charge in [-0.05, 0) is 37.1 Å². The van der Waals surface area contributed by atoms with Gasteiger partial charge in [-0.25, -0.2) is 0 Å². The van der Waals surface area contributed by atoms with Gasteiger partial charge in [0.25, 0.3) is 0 Å². The minimum absolute atomic E-state index is 0.147. The summed E-state index contributed by atoms with van der Waals surface area (Å²) in [6.45, 7) is 3.94. The second-order valence-electron chi connectivity index (χ2n) is 4.06. The van der Waals surface area contributed by atoms with E-state index in [1.54, 1.807) is 24.5 Å². The predicted molar refractivity (Wildman–Crippen MR) is 70.7 cm³/mol. The van der Waals surface area contributed by atoms with Crippen LogP contribution in [0.15, 0.2) is 30.6 Å². The van der Waals surface area contributed by atoms with E-state index in [1.807, 2.05) is 19.9 Å². The molecule has 0 N–H and O–H groups in total. The molecule has 0 radical (unpaired) electrons. The molecule has 0 aliphatic rings. The first-order valence-electron chi connectivity index (χ1n) is 5.54.